The number of hydrogen-bond donors (Lipinski definition) is 2. The number of alkyl halides is 3. The molecule has 6 nitrogen and oxygen atoms in total. The number of carbonyl (C=O) groups excluding carboxylic acids is 2. The molecule has 0 spiro atoms. The van der Waals surface area contributed by atoms with Crippen LogP contribution in [0.4, 0.5) is 13.2 Å². The van der Waals surface area contributed by atoms with Crippen molar-refractivity contribution in [1.29, 1.82) is 0 Å². The Balaban J connectivity index is 1.51. The van der Waals surface area contributed by atoms with E-state index in [1.807, 2.05) is 0 Å². The van der Waals surface area contributed by atoms with E-state index in [9.17, 15) is 22.8 Å². The number of amides is 2. The molecule has 0 bridgehead atoms. The molecule has 2 N–H and O–H groups in total. The SMILES string of the molecule is O=C(CC1CNC(=O)c2cc(-c3ccc(C(F)(F)F)cc3)cn21)NCc1ccco1. The van der Waals surface area contributed by atoms with Crippen LogP contribution in [0.3, 0.4) is 0 Å². The van der Waals surface area contributed by atoms with Gasteiger partial charge in [0.2, 0.25) is 5.91 Å². The van der Waals surface area contributed by atoms with E-state index in [0.29, 0.717) is 22.6 Å². The third-order valence-corrected chi connectivity index (χ3v) is 4.98. The monoisotopic (exact) mass is 417 g/mol. The number of nitrogens with one attached hydrogen (secondary N) is 2. The first kappa shape index (κ1) is 19.8. The first-order chi connectivity index (χ1) is 14.3. The summed E-state index contributed by atoms with van der Waals surface area (Å²) in [5.74, 6) is 0.134. The zero-order valence-corrected chi connectivity index (χ0v) is 15.7. The Morgan fingerprint density at radius 2 is 1.97 bits per heavy atom. The van der Waals surface area contributed by atoms with Gasteiger partial charge in [0.1, 0.15) is 11.5 Å². The van der Waals surface area contributed by atoms with Gasteiger partial charge >= 0.3 is 6.18 Å². The van der Waals surface area contributed by atoms with Crippen LogP contribution in [0.5, 0.6) is 0 Å². The van der Waals surface area contributed by atoms with Crippen LogP contribution in [0.2, 0.25) is 0 Å². The minimum absolute atomic E-state index is 0.134. The highest BCUT2D eigenvalue weighted by atomic mass is 19.4. The van der Waals surface area contributed by atoms with E-state index in [4.69, 9.17) is 4.42 Å². The van der Waals surface area contributed by atoms with Crippen molar-refractivity contribution in [2.45, 2.75) is 25.2 Å². The van der Waals surface area contributed by atoms with Crippen LogP contribution >= 0.6 is 0 Å². The molecule has 9 heteroatoms. The number of hydrogen-bond acceptors (Lipinski definition) is 3. The van der Waals surface area contributed by atoms with E-state index in [0.717, 1.165) is 12.1 Å². The highest BCUT2D eigenvalue weighted by Gasteiger charge is 2.31. The van der Waals surface area contributed by atoms with Crippen LogP contribution < -0.4 is 10.6 Å². The van der Waals surface area contributed by atoms with Gasteiger partial charge in [0.05, 0.1) is 24.4 Å². The van der Waals surface area contributed by atoms with Crippen molar-refractivity contribution >= 4 is 11.8 Å². The lowest BCUT2D eigenvalue weighted by atomic mass is 10.1. The first-order valence-electron chi connectivity index (χ1n) is 9.28. The fourth-order valence-corrected chi connectivity index (χ4v) is 3.43. The van der Waals surface area contributed by atoms with E-state index in [1.165, 1.54) is 18.4 Å². The average Bonchev–Trinajstić information content (AvgIpc) is 3.38. The number of benzene rings is 1. The summed E-state index contributed by atoms with van der Waals surface area (Å²) in [5.41, 5.74) is 0.787. The Hall–Kier alpha value is -3.49. The number of fused-ring (bicyclic) bond motifs is 1. The van der Waals surface area contributed by atoms with Crippen molar-refractivity contribution in [3.8, 4) is 11.1 Å². The summed E-state index contributed by atoms with van der Waals surface area (Å²) in [5, 5.41) is 5.52. The van der Waals surface area contributed by atoms with Gasteiger partial charge in [-0.1, -0.05) is 12.1 Å². The summed E-state index contributed by atoms with van der Waals surface area (Å²) in [6, 6.07) is 9.54. The zero-order chi connectivity index (χ0) is 21.3. The molecule has 0 saturated carbocycles. The molecule has 3 heterocycles. The standard InChI is InChI=1S/C21H18F3N3O3/c22-21(23,24)15-5-3-13(4-6-15)14-8-18-20(29)26-10-16(27(18)12-14)9-19(28)25-11-17-2-1-7-30-17/h1-8,12,16H,9-11H2,(H,25,28)(H,26,29). The predicted molar refractivity (Wildman–Crippen MR) is 101 cm³/mol. The minimum atomic E-state index is -4.41. The van der Waals surface area contributed by atoms with Crippen molar-refractivity contribution in [2.75, 3.05) is 6.54 Å². The maximum absolute atomic E-state index is 12.8. The van der Waals surface area contributed by atoms with Gasteiger partial charge < -0.3 is 19.6 Å². The molecular weight excluding hydrogens is 399 g/mol. The largest absolute Gasteiger partial charge is 0.467 e. The van der Waals surface area contributed by atoms with Gasteiger partial charge in [0.25, 0.3) is 5.91 Å². The van der Waals surface area contributed by atoms with Gasteiger partial charge in [0, 0.05) is 24.7 Å². The van der Waals surface area contributed by atoms with Crippen molar-refractivity contribution in [3.63, 3.8) is 0 Å². The highest BCUT2D eigenvalue weighted by molar-refractivity contribution is 5.95. The molecule has 2 amide bonds. The lowest BCUT2D eigenvalue weighted by Gasteiger charge is -2.26. The Labute approximate surface area is 169 Å². The summed E-state index contributed by atoms with van der Waals surface area (Å²) in [6.07, 6.45) is -1.06. The number of carbonyl (C=O) groups is 2. The van der Waals surface area contributed by atoms with Crippen molar-refractivity contribution < 1.29 is 27.2 Å². The summed E-state index contributed by atoms with van der Waals surface area (Å²) in [4.78, 5) is 24.6. The second-order valence-corrected chi connectivity index (χ2v) is 7.02. The normalized spacial score (nSPS) is 16.1. The van der Waals surface area contributed by atoms with Crippen LogP contribution in [0.25, 0.3) is 11.1 Å². The van der Waals surface area contributed by atoms with Gasteiger partial charge in [-0.05, 0) is 35.9 Å². The van der Waals surface area contributed by atoms with Gasteiger partial charge in [-0.15, -0.1) is 0 Å². The molecule has 4 rings (SSSR count). The Kier molecular flexibility index (Phi) is 5.11. The number of nitrogens with zero attached hydrogens (tertiary/aromatic N) is 1. The number of aromatic nitrogens is 1. The highest BCUT2D eigenvalue weighted by Crippen LogP contribution is 2.32. The molecule has 0 radical (unpaired) electrons. The molecule has 1 aromatic carbocycles. The molecule has 156 valence electrons. The smallest absolute Gasteiger partial charge is 0.416 e. The van der Waals surface area contributed by atoms with E-state index >= 15 is 0 Å². The number of rotatable bonds is 5. The van der Waals surface area contributed by atoms with Crippen LogP contribution in [-0.2, 0) is 17.5 Å². The third-order valence-electron chi connectivity index (χ3n) is 4.98. The third kappa shape index (κ3) is 4.10. The van der Waals surface area contributed by atoms with Crippen molar-refractivity contribution in [1.82, 2.24) is 15.2 Å². The zero-order valence-electron chi connectivity index (χ0n) is 15.7. The van der Waals surface area contributed by atoms with Crippen LogP contribution in [0.15, 0.2) is 59.3 Å². The van der Waals surface area contributed by atoms with Gasteiger partial charge in [0.15, 0.2) is 0 Å². The molecule has 0 aliphatic carbocycles. The lowest BCUT2D eigenvalue weighted by Crippen LogP contribution is -2.40. The molecule has 0 saturated heterocycles. The molecule has 1 atom stereocenters. The van der Waals surface area contributed by atoms with Crippen LogP contribution in [0.1, 0.15) is 34.3 Å². The molecule has 1 aliphatic rings. The topological polar surface area (TPSA) is 76.3 Å². The molecule has 1 aliphatic heterocycles. The average molecular weight is 417 g/mol. The molecule has 0 fully saturated rings. The number of halogens is 3. The predicted octanol–water partition coefficient (Wildman–Crippen LogP) is 3.76. The first-order valence-corrected chi connectivity index (χ1v) is 9.28. The second kappa shape index (κ2) is 7.74. The van der Waals surface area contributed by atoms with Gasteiger partial charge in [-0.25, -0.2) is 0 Å². The summed E-state index contributed by atoms with van der Waals surface area (Å²) in [7, 11) is 0. The minimum Gasteiger partial charge on any atom is -0.467 e. The molecule has 2 aromatic heterocycles. The Morgan fingerprint density at radius 1 is 1.20 bits per heavy atom. The van der Waals surface area contributed by atoms with E-state index < -0.39 is 11.7 Å². The molecular formula is C21H18F3N3O3. The maximum Gasteiger partial charge on any atom is 0.416 e. The summed E-state index contributed by atoms with van der Waals surface area (Å²) in [6.45, 7) is 0.543. The van der Waals surface area contributed by atoms with E-state index in [1.54, 1.807) is 29.0 Å². The maximum atomic E-state index is 12.8. The fraction of sp³-hybridized carbons (Fsp3) is 0.238. The fourth-order valence-electron chi connectivity index (χ4n) is 3.43. The Bertz CT molecular complexity index is 1050. The molecule has 3 aromatic rings. The summed E-state index contributed by atoms with van der Waals surface area (Å²) >= 11 is 0. The van der Waals surface area contributed by atoms with Crippen LogP contribution in [-0.4, -0.2) is 22.9 Å². The van der Waals surface area contributed by atoms with Gasteiger partial charge in [-0.3, -0.25) is 9.59 Å². The second-order valence-electron chi connectivity index (χ2n) is 7.02. The lowest BCUT2D eigenvalue weighted by molar-refractivity contribution is -0.137. The van der Waals surface area contributed by atoms with E-state index in [2.05, 4.69) is 10.6 Å². The van der Waals surface area contributed by atoms with Crippen LogP contribution in [0, 0.1) is 0 Å². The molecule has 1 unspecified atom stereocenters. The number of furan rings is 1. The quantitative estimate of drug-likeness (QED) is 0.664. The van der Waals surface area contributed by atoms with Gasteiger partial charge in [-0.2, -0.15) is 13.2 Å². The van der Waals surface area contributed by atoms with Crippen molar-refractivity contribution in [3.05, 3.63) is 71.9 Å². The Morgan fingerprint density at radius 3 is 2.63 bits per heavy atom. The van der Waals surface area contributed by atoms with Crippen molar-refractivity contribution in [2.24, 2.45) is 0 Å². The van der Waals surface area contributed by atoms with E-state index in [-0.39, 0.29) is 37.4 Å². The molecule has 30 heavy (non-hydrogen) atoms. The summed E-state index contributed by atoms with van der Waals surface area (Å²) < 4.78 is 45.2.